The van der Waals surface area contributed by atoms with Crippen LogP contribution < -0.4 is 0 Å². The summed E-state index contributed by atoms with van der Waals surface area (Å²) in [6.07, 6.45) is 1.08. The molecule has 0 saturated carbocycles. The Kier molecular flexibility index (Phi) is 3.95. The van der Waals surface area contributed by atoms with Gasteiger partial charge in [-0.25, -0.2) is 9.59 Å². The van der Waals surface area contributed by atoms with E-state index >= 15 is 0 Å². The molecule has 0 aliphatic carbocycles. The van der Waals surface area contributed by atoms with Crippen molar-refractivity contribution in [1.82, 2.24) is 0 Å². The zero-order valence-electron chi connectivity index (χ0n) is 6.71. The lowest BCUT2D eigenvalue weighted by Crippen LogP contribution is -2.05. The fraction of sp³-hybridized carbons (Fsp3) is 0.429. The van der Waals surface area contributed by atoms with Crippen LogP contribution in [0.5, 0.6) is 0 Å². The van der Waals surface area contributed by atoms with Crippen molar-refractivity contribution in [1.29, 1.82) is 0 Å². The Morgan fingerprint density at radius 3 is 2.09 bits per heavy atom. The van der Waals surface area contributed by atoms with Crippen LogP contribution in [0.25, 0.3) is 0 Å². The van der Waals surface area contributed by atoms with E-state index in [1.54, 1.807) is 0 Å². The molecule has 0 saturated heterocycles. The van der Waals surface area contributed by atoms with Crippen molar-refractivity contribution in [2.24, 2.45) is 0 Å². The largest absolute Gasteiger partial charge is 0.466 e. The van der Waals surface area contributed by atoms with E-state index in [9.17, 15) is 9.59 Å². The monoisotopic (exact) mass is 158 g/mol. The molecule has 0 aromatic carbocycles. The van der Waals surface area contributed by atoms with Gasteiger partial charge in [-0.3, -0.25) is 0 Å². The first kappa shape index (κ1) is 9.68. The highest BCUT2D eigenvalue weighted by atomic mass is 16.5. The van der Waals surface area contributed by atoms with Gasteiger partial charge in [-0.15, -0.1) is 0 Å². The van der Waals surface area contributed by atoms with E-state index in [1.165, 1.54) is 21.1 Å². The number of ether oxygens (including phenoxy) is 2. The fourth-order valence-electron chi connectivity index (χ4n) is 0.456. The SMILES string of the molecule is COC(=O)/C=C(/C)C(=O)OC. The van der Waals surface area contributed by atoms with Crippen LogP contribution in [0.15, 0.2) is 11.6 Å². The Hall–Kier alpha value is -1.32. The van der Waals surface area contributed by atoms with E-state index in [0.717, 1.165) is 6.08 Å². The minimum atomic E-state index is -0.562. The number of carbonyl (C=O) groups is 2. The molecule has 0 radical (unpaired) electrons. The molecule has 0 bridgehead atoms. The summed E-state index contributed by atoms with van der Waals surface area (Å²) in [5, 5.41) is 0. The van der Waals surface area contributed by atoms with Crippen molar-refractivity contribution in [2.45, 2.75) is 6.92 Å². The van der Waals surface area contributed by atoms with Gasteiger partial charge in [-0.1, -0.05) is 0 Å². The van der Waals surface area contributed by atoms with Gasteiger partial charge >= 0.3 is 11.9 Å². The predicted molar refractivity (Wildman–Crippen MR) is 37.8 cm³/mol. The molecular formula is C7H10O4. The maximum Gasteiger partial charge on any atom is 0.333 e. The van der Waals surface area contributed by atoms with Crippen molar-refractivity contribution in [2.75, 3.05) is 14.2 Å². The van der Waals surface area contributed by atoms with Crippen molar-refractivity contribution in [3.05, 3.63) is 11.6 Å². The van der Waals surface area contributed by atoms with Crippen molar-refractivity contribution in [3.63, 3.8) is 0 Å². The van der Waals surface area contributed by atoms with Gasteiger partial charge in [0.2, 0.25) is 0 Å². The molecule has 0 fully saturated rings. The molecule has 4 nitrogen and oxygen atoms in total. The minimum absolute atomic E-state index is 0.222. The molecule has 0 N–H and O–H groups in total. The summed E-state index contributed by atoms with van der Waals surface area (Å²) in [7, 11) is 2.49. The van der Waals surface area contributed by atoms with Gasteiger partial charge in [-0.05, 0) is 6.92 Å². The van der Waals surface area contributed by atoms with Crippen molar-refractivity contribution < 1.29 is 19.1 Å². The van der Waals surface area contributed by atoms with Gasteiger partial charge in [0, 0.05) is 11.6 Å². The van der Waals surface area contributed by atoms with Crippen LogP contribution in [0.2, 0.25) is 0 Å². The van der Waals surface area contributed by atoms with Crippen LogP contribution in [-0.4, -0.2) is 26.2 Å². The second kappa shape index (κ2) is 4.49. The molecule has 11 heavy (non-hydrogen) atoms. The molecule has 0 heterocycles. The second-order valence-electron chi connectivity index (χ2n) is 1.84. The van der Waals surface area contributed by atoms with Crippen LogP contribution in [0.1, 0.15) is 6.92 Å². The van der Waals surface area contributed by atoms with Gasteiger partial charge in [0.15, 0.2) is 0 Å². The first-order valence-electron chi connectivity index (χ1n) is 2.96. The Morgan fingerprint density at radius 1 is 1.18 bits per heavy atom. The molecule has 0 unspecified atom stereocenters. The number of hydrogen-bond acceptors (Lipinski definition) is 4. The third-order valence-electron chi connectivity index (χ3n) is 1.04. The summed E-state index contributed by atoms with van der Waals surface area (Å²) in [4.78, 5) is 21.2. The molecule has 0 spiro atoms. The van der Waals surface area contributed by atoms with Crippen LogP contribution in [-0.2, 0) is 19.1 Å². The zero-order valence-corrected chi connectivity index (χ0v) is 6.71. The van der Waals surface area contributed by atoms with Gasteiger partial charge in [0.25, 0.3) is 0 Å². The molecule has 0 aliphatic rings. The van der Waals surface area contributed by atoms with Crippen LogP contribution in [0.3, 0.4) is 0 Å². The summed E-state index contributed by atoms with van der Waals surface area (Å²) in [6, 6.07) is 0. The number of rotatable bonds is 2. The Labute approximate surface area is 64.8 Å². The molecular weight excluding hydrogens is 148 g/mol. The first-order chi connectivity index (χ1) is 5.11. The molecule has 0 amide bonds. The smallest absolute Gasteiger partial charge is 0.333 e. The standard InChI is InChI=1S/C7H10O4/c1-5(7(9)11-3)4-6(8)10-2/h4H,1-3H3/b5-4-. The maximum absolute atomic E-state index is 10.7. The lowest BCUT2D eigenvalue weighted by Gasteiger charge is -1.96. The summed E-state index contributed by atoms with van der Waals surface area (Å²) in [5.74, 6) is -1.09. The molecule has 0 rings (SSSR count). The molecule has 0 aromatic rings. The summed E-state index contributed by atoms with van der Waals surface area (Å²) in [6.45, 7) is 1.47. The lowest BCUT2D eigenvalue weighted by atomic mass is 10.3. The number of hydrogen-bond donors (Lipinski definition) is 0. The number of methoxy groups -OCH3 is 2. The second-order valence-corrected chi connectivity index (χ2v) is 1.84. The third kappa shape index (κ3) is 3.40. The molecule has 0 aromatic heterocycles. The first-order valence-corrected chi connectivity index (χ1v) is 2.96. The maximum atomic E-state index is 10.7. The number of esters is 2. The average Bonchev–Trinajstić information content (AvgIpc) is 2.02. The highest BCUT2D eigenvalue weighted by Gasteiger charge is 2.05. The highest BCUT2D eigenvalue weighted by molar-refractivity contribution is 5.95. The molecule has 62 valence electrons. The fourth-order valence-corrected chi connectivity index (χ4v) is 0.456. The summed E-state index contributed by atoms with van der Waals surface area (Å²) < 4.78 is 8.63. The highest BCUT2D eigenvalue weighted by Crippen LogP contribution is 1.95. The quantitative estimate of drug-likeness (QED) is 0.428. The van der Waals surface area contributed by atoms with Crippen LogP contribution in [0.4, 0.5) is 0 Å². The van der Waals surface area contributed by atoms with E-state index in [4.69, 9.17) is 0 Å². The Morgan fingerprint density at radius 2 is 1.73 bits per heavy atom. The molecule has 4 heteroatoms. The van der Waals surface area contributed by atoms with Gasteiger partial charge in [0.1, 0.15) is 0 Å². The van der Waals surface area contributed by atoms with Crippen molar-refractivity contribution in [3.8, 4) is 0 Å². The Bertz CT molecular complexity index is 193. The number of carbonyl (C=O) groups excluding carboxylic acids is 2. The van der Waals surface area contributed by atoms with Gasteiger partial charge in [-0.2, -0.15) is 0 Å². The summed E-state index contributed by atoms with van der Waals surface area (Å²) in [5.41, 5.74) is 0.222. The van der Waals surface area contributed by atoms with Crippen molar-refractivity contribution >= 4 is 11.9 Å². The third-order valence-corrected chi connectivity index (χ3v) is 1.04. The van der Waals surface area contributed by atoms with Gasteiger partial charge in [0.05, 0.1) is 14.2 Å². The topological polar surface area (TPSA) is 52.6 Å². The summed E-state index contributed by atoms with van der Waals surface area (Å²) >= 11 is 0. The van der Waals surface area contributed by atoms with E-state index in [1.807, 2.05) is 0 Å². The van der Waals surface area contributed by atoms with Crippen LogP contribution in [0, 0.1) is 0 Å². The zero-order chi connectivity index (χ0) is 8.85. The van der Waals surface area contributed by atoms with E-state index in [-0.39, 0.29) is 5.57 Å². The lowest BCUT2D eigenvalue weighted by molar-refractivity contribution is -0.138. The van der Waals surface area contributed by atoms with E-state index in [0.29, 0.717) is 0 Å². The van der Waals surface area contributed by atoms with E-state index < -0.39 is 11.9 Å². The molecule has 0 atom stereocenters. The Balaban J connectivity index is 4.21. The van der Waals surface area contributed by atoms with Gasteiger partial charge < -0.3 is 9.47 Å². The normalized spacial score (nSPS) is 10.6. The van der Waals surface area contributed by atoms with Crippen LogP contribution >= 0.6 is 0 Å². The van der Waals surface area contributed by atoms with E-state index in [2.05, 4.69) is 9.47 Å². The predicted octanol–water partition coefficient (Wildman–Crippen LogP) is 0.279. The molecule has 0 aliphatic heterocycles. The minimum Gasteiger partial charge on any atom is -0.466 e. The average molecular weight is 158 g/mol.